The van der Waals surface area contributed by atoms with Gasteiger partial charge in [-0.15, -0.1) is 0 Å². The van der Waals surface area contributed by atoms with Gasteiger partial charge in [-0.3, -0.25) is 4.79 Å². The van der Waals surface area contributed by atoms with E-state index in [2.05, 4.69) is 0 Å². The number of ether oxygens (including phenoxy) is 1. The van der Waals surface area contributed by atoms with Crippen LogP contribution in [0.1, 0.15) is 25.3 Å². The van der Waals surface area contributed by atoms with E-state index >= 15 is 0 Å². The molecule has 1 aromatic rings. The molecule has 1 heterocycles. The van der Waals surface area contributed by atoms with E-state index in [1.54, 1.807) is 13.2 Å². The van der Waals surface area contributed by atoms with Gasteiger partial charge >= 0.3 is 0 Å². The standard InChI is InChI=1S/C16H22N2O2/c1-12(13-5-7-15(20-2)8-6-13)10-16(19)18-9-3-4-14(17)11-18/h5-8,10,14H,3-4,9,11,17H2,1-2H3/b12-10+. The second-order valence-corrected chi connectivity index (χ2v) is 5.24. The summed E-state index contributed by atoms with van der Waals surface area (Å²) in [5, 5.41) is 0. The fraction of sp³-hybridized carbons (Fsp3) is 0.438. The van der Waals surface area contributed by atoms with Crippen LogP contribution in [0.15, 0.2) is 30.3 Å². The molecule has 1 saturated heterocycles. The molecule has 0 bridgehead atoms. The maximum Gasteiger partial charge on any atom is 0.246 e. The Balaban J connectivity index is 2.06. The van der Waals surface area contributed by atoms with Crippen LogP contribution in [0.2, 0.25) is 0 Å². The van der Waals surface area contributed by atoms with Crippen molar-refractivity contribution in [2.24, 2.45) is 5.73 Å². The van der Waals surface area contributed by atoms with Crippen molar-refractivity contribution < 1.29 is 9.53 Å². The Bertz CT molecular complexity index is 494. The molecule has 1 fully saturated rings. The van der Waals surface area contributed by atoms with Crippen LogP contribution < -0.4 is 10.5 Å². The van der Waals surface area contributed by atoms with Crippen LogP contribution >= 0.6 is 0 Å². The SMILES string of the molecule is COc1ccc(/C(C)=C/C(=O)N2CCCC(N)C2)cc1. The second kappa shape index (κ2) is 6.57. The number of benzene rings is 1. The van der Waals surface area contributed by atoms with Crippen LogP contribution in [0.25, 0.3) is 5.57 Å². The highest BCUT2D eigenvalue weighted by Gasteiger charge is 2.19. The molecule has 4 heteroatoms. The van der Waals surface area contributed by atoms with Crippen LogP contribution in [0, 0.1) is 0 Å². The molecule has 0 radical (unpaired) electrons. The third-order valence-electron chi connectivity index (χ3n) is 3.65. The van der Waals surface area contributed by atoms with Crippen molar-refractivity contribution in [2.75, 3.05) is 20.2 Å². The fourth-order valence-electron chi connectivity index (χ4n) is 2.42. The number of carbonyl (C=O) groups is 1. The Labute approximate surface area is 120 Å². The van der Waals surface area contributed by atoms with E-state index in [-0.39, 0.29) is 11.9 Å². The second-order valence-electron chi connectivity index (χ2n) is 5.24. The normalized spacial score (nSPS) is 19.9. The predicted molar refractivity (Wildman–Crippen MR) is 80.4 cm³/mol. The Morgan fingerprint density at radius 2 is 2.10 bits per heavy atom. The quantitative estimate of drug-likeness (QED) is 0.858. The molecular weight excluding hydrogens is 252 g/mol. The predicted octanol–water partition coefficient (Wildman–Crippen LogP) is 2.05. The molecule has 1 aromatic carbocycles. The smallest absolute Gasteiger partial charge is 0.246 e. The van der Waals surface area contributed by atoms with Crippen molar-refractivity contribution in [2.45, 2.75) is 25.8 Å². The van der Waals surface area contributed by atoms with Crippen molar-refractivity contribution >= 4 is 11.5 Å². The van der Waals surface area contributed by atoms with Crippen molar-refractivity contribution in [1.82, 2.24) is 4.90 Å². The summed E-state index contributed by atoms with van der Waals surface area (Å²) in [4.78, 5) is 14.1. The summed E-state index contributed by atoms with van der Waals surface area (Å²) in [6.45, 7) is 3.41. The van der Waals surface area contributed by atoms with E-state index in [1.807, 2.05) is 36.1 Å². The van der Waals surface area contributed by atoms with Gasteiger partial charge in [-0.2, -0.15) is 0 Å². The third-order valence-corrected chi connectivity index (χ3v) is 3.65. The van der Waals surface area contributed by atoms with Crippen LogP contribution in [0.4, 0.5) is 0 Å². The van der Waals surface area contributed by atoms with E-state index in [1.165, 1.54) is 0 Å². The van der Waals surface area contributed by atoms with Crippen molar-refractivity contribution in [3.05, 3.63) is 35.9 Å². The number of amides is 1. The number of methoxy groups -OCH3 is 1. The first-order valence-corrected chi connectivity index (χ1v) is 6.97. The Morgan fingerprint density at radius 3 is 2.70 bits per heavy atom. The van der Waals surface area contributed by atoms with Gasteiger partial charge in [-0.25, -0.2) is 0 Å². The maximum atomic E-state index is 12.2. The number of rotatable bonds is 3. The fourth-order valence-corrected chi connectivity index (χ4v) is 2.42. The first-order chi connectivity index (χ1) is 9.60. The molecule has 0 aromatic heterocycles. The summed E-state index contributed by atoms with van der Waals surface area (Å²) < 4.78 is 5.13. The molecule has 1 aliphatic rings. The van der Waals surface area contributed by atoms with Crippen LogP contribution in [0.3, 0.4) is 0 Å². The number of likely N-dealkylation sites (tertiary alicyclic amines) is 1. The number of piperidine rings is 1. The van der Waals surface area contributed by atoms with Crippen molar-refractivity contribution in [3.63, 3.8) is 0 Å². The largest absolute Gasteiger partial charge is 0.497 e. The monoisotopic (exact) mass is 274 g/mol. The molecule has 2 rings (SSSR count). The van der Waals surface area contributed by atoms with Crippen LogP contribution in [-0.2, 0) is 4.79 Å². The third kappa shape index (κ3) is 3.61. The lowest BCUT2D eigenvalue weighted by Gasteiger charge is -2.30. The highest BCUT2D eigenvalue weighted by atomic mass is 16.5. The van der Waals surface area contributed by atoms with Gasteiger partial charge in [-0.1, -0.05) is 12.1 Å². The highest BCUT2D eigenvalue weighted by molar-refractivity contribution is 5.95. The zero-order valence-corrected chi connectivity index (χ0v) is 12.1. The molecule has 1 amide bonds. The Kier molecular flexibility index (Phi) is 4.79. The molecule has 1 aliphatic heterocycles. The van der Waals surface area contributed by atoms with E-state index < -0.39 is 0 Å². The minimum Gasteiger partial charge on any atom is -0.497 e. The molecule has 108 valence electrons. The van der Waals surface area contributed by atoms with E-state index in [0.717, 1.165) is 36.3 Å². The van der Waals surface area contributed by atoms with Crippen molar-refractivity contribution in [3.8, 4) is 5.75 Å². The maximum absolute atomic E-state index is 12.2. The molecule has 0 spiro atoms. The highest BCUT2D eigenvalue weighted by Crippen LogP contribution is 2.19. The number of allylic oxidation sites excluding steroid dienone is 1. The summed E-state index contributed by atoms with van der Waals surface area (Å²) in [6.07, 6.45) is 3.69. The van der Waals surface area contributed by atoms with Gasteiger partial charge in [0, 0.05) is 25.2 Å². The number of carbonyl (C=O) groups excluding carboxylic acids is 1. The topological polar surface area (TPSA) is 55.6 Å². The molecule has 1 unspecified atom stereocenters. The average Bonchev–Trinajstić information content (AvgIpc) is 2.47. The lowest BCUT2D eigenvalue weighted by atomic mass is 10.0. The minimum atomic E-state index is 0.0495. The molecule has 0 aliphatic carbocycles. The van der Waals surface area contributed by atoms with Gasteiger partial charge in [0.25, 0.3) is 0 Å². The summed E-state index contributed by atoms with van der Waals surface area (Å²) in [5.41, 5.74) is 7.89. The van der Waals surface area contributed by atoms with E-state index in [9.17, 15) is 4.79 Å². The zero-order chi connectivity index (χ0) is 14.5. The summed E-state index contributed by atoms with van der Waals surface area (Å²) >= 11 is 0. The minimum absolute atomic E-state index is 0.0495. The number of nitrogens with two attached hydrogens (primary N) is 1. The molecule has 4 nitrogen and oxygen atoms in total. The van der Waals surface area contributed by atoms with Crippen LogP contribution in [0.5, 0.6) is 5.75 Å². The Hall–Kier alpha value is -1.81. The lowest BCUT2D eigenvalue weighted by Crippen LogP contribution is -2.45. The van der Waals surface area contributed by atoms with Crippen LogP contribution in [-0.4, -0.2) is 37.0 Å². The first kappa shape index (κ1) is 14.6. The number of nitrogens with zero attached hydrogens (tertiary/aromatic N) is 1. The number of hydrogen-bond acceptors (Lipinski definition) is 3. The van der Waals surface area contributed by atoms with E-state index in [4.69, 9.17) is 10.5 Å². The molecule has 20 heavy (non-hydrogen) atoms. The van der Waals surface area contributed by atoms with Gasteiger partial charge in [0.2, 0.25) is 5.91 Å². The van der Waals surface area contributed by atoms with Gasteiger partial charge in [0.1, 0.15) is 5.75 Å². The number of hydrogen-bond donors (Lipinski definition) is 1. The van der Waals surface area contributed by atoms with E-state index in [0.29, 0.717) is 6.54 Å². The van der Waals surface area contributed by atoms with Gasteiger partial charge in [-0.05, 0) is 43.0 Å². The zero-order valence-electron chi connectivity index (χ0n) is 12.1. The summed E-state index contributed by atoms with van der Waals surface area (Å²) in [6, 6.07) is 7.82. The van der Waals surface area contributed by atoms with Crippen molar-refractivity contribution in [1.29, 1.82) is 0 Å². The lowest BCUT2D eigenvalue weighted by molar-refractivity contribution is -0.127. The molecule has 0 saturated carbocycles. The van der Waals surface area contributed by atoms with Gasteiger partial charge in [0.05, 0.1) is 7.11 Å². The average molecular weight is 274 g/mol. The molecular formula is C16H22N2O2. The summed E-state index contributed by atoms with van der Waals surface area (Å²) in [5.74, 6) is 0.864. The van der Waals surface area contributed by atoms with Gasteiger partial charge in [0.15, 0.2) is 0 Å². The van der Waals surface area contributed by atoms with Gasteiger partial charge < -0.3 is 15.4 Å². The Morgan fingerprint density at radius 1 is 1.40 bits per heavy atom. The molecule has 1 atom stereocenters. The summed E-state index contributed by atoms with van der Waals surface area (Å²) in [7, 11) is 1.64. The first-order valence-electron chi connectivity index (χ1n) is 6.97. The molecule has 2 N–H and O–H groups in total.